The van der Waals surface area contributed by atoms with E-state index in [4.69, 9.17) is 5.11 Å². The van der Waals surface area contributed by atoms with Crippen molar-refractivity contribution < 1.29 is 19.4 Å². The summed E-state index contributed by atoms with van der Waals surface area (Å²) in [5.74, 6) is -0.968. The van der Waals surface area contributed by atoms with Crippen LogP contribution in [0.3, 0.4) is 0 Å². The van der Waals surface area contributed by atoms with E-state index in [-0.39, 0.29) is 5.92 Å². The maximum Gasteiger partial charge on any atom is 0.320 e. The Morgan fingerprint density at radius 3 is 2.81 bits per heavy atom. The van der Waals surface area contributed by atoms with Gasteiger partial charge in [-0.3, -0.25) is 14.1 Å². The molecule has 1 aliphatic rings. The predicted molar refractivity (Wildman–Crippen MR) is 58.0 cm³/mol. The van der Waals surface area contributed by atoms with Gasteiger partial charge in [-0.15, -0.1) is 0 Å². The van der Waals surface area contributed by atoms with Gasteiger partial charge in [-0.1, -0.05) is 6.92 Å². The summed E-state index contributed by atoms with van der Waals surface area (Å²) in [5.41, 5.74) is 0. The first-order valence-corrected chi connectivity index (χ1v) is 5.81. The smallest absolute Gasteiger partial charge is 0.320 e. The van der Waals surface area contributed by atoms with Crippen LogP contribution in [0.2, 0.25) is 0 Å². The van der Waals surface area contributed by atoms with Gasteiger partial charge in [0.05, 0.1) is 12.8 Å². The van der Waals surface area contributed by atoms with E-state index in [0.717, 1.165) is 0 Å². The van der Waals surface area contributed by atoms with E-state index < -0.39 is 24.8 Å². The van der Waals surface area contributed by atoms with Crippen LogP contribution in [0.4, 0.5) is 4.39 Å². The van der Waals surface area contributed by atoms with Crippen LogP contribution >= 0.6 is 0 Å². The fourth-order valence-corrected chi connectivity index (χ4v) is 2.34. The Kier molecular flexibility index (Phi) is 5.15. The first-order valence-electron chi connectivity index (χ1n) is 5.81. The third-order valence-corrected chi connectivity index (χ3v) is 3.32. The van der Waals surface area contributed by atoms with Gasteiger partial charge in [0.2, 0.25) is 0 Å². The van der Waals surface area contributed by atoms with E-state index in [0.29, 0.717) is 32.4 Å². The second-order valence-electron chi connectivity index (χ2n) is 4.35. The Bertz CT molecular complexity index is 237. The lowest BCUT2D eigenvalue weighted by Crippen LogP contribution is -2.50. The molecule has 0 aromatic heterocycles. The highest BCUT2D eigenvalue weighted by Gasteiger charge is 2.33. The molecule has 16 heavy (non-hydrogen) atoms. The number of aliphatic hydroxyl groups is 1. The third kappa shape index (κ3) is 3.15. The number of carboxylic acid groups (broad SMARTS) is 1. The number of hydrogen-bond acceptors (Lipinski definition) is 3. The molecule has 4 nitrogen and oxygen atoms in total. The molecule has 0 aromatic carbocycles. The SMILES string of the molecule is CC[C@H](C(=O)O)N1CC[C@@H](O)[C@H](CCF)C1. The minimum Gasteiger partial charge on any atom is -0.480 e. The first kappa shape index (κ1) is 13.4. The van der Waals surface area contributed by atoms with E-state index in [1.54, 1.807) is 0 Å². The van der Waals surface area contributed by atoms with Gasteiger partial charge in [-0.25, -0.2) is 0 Å². The van der Waals surface area contributed by atoms with Gasteiger partial charge in [0.15, 0.2) is 0 Å². The zero-order valence-electron chi connectivity index (χ0n) is 9.60. The molecule has 0 aromatic rings. The number of hydrogen-bond donors (Lipinski definition) is 2. The van der Waals surface area contributed by atoms with Crippen LogP contribution in [0.25, 0.3) is 0 Å². The molecule has 1 rings (SSSR count). The van der Waals surface area contributed by atoms with Crippen molar-refractivity contribution >= 4 is 5.97 Å². The van der Waals surface area contributed by atoms with E-state index >= 15 is 0 Å². The summed E-state index contributed by atoms with van der Waals surface area (Å²) < 4.78 is 12.3. The van der Waals surface area contributed by atoms with Crippen LogP contribution in [0.1, 0.15) is 26.2 Å². The summed E-state index contributed by atoms with van der Waals surface area (Å²) in [5, 5.41) is 18.7. The van der Waals surface area contributed by atoms with Crippen molar-refractivity contribution in [2.75, 3.05) is 19.8 Å². The number of carboxylic acids is 1. The number of likely N-dealkylation sites (tertiary alicyclic amines) is 1. The average molecular weight is 233 g/mol. The average Bonchev–Trinajstić information content (AvgIpc) is 2.23. The van der Waals surface area contributed by atoms with Crippen LogP contribution < -0.4 is 0 Å². The maximum absolute atomic E-state index is 12.3. The number of piperidine rings is 1. The summed E-state index contributed by atoms with van der Waals surface area (Å²) >= 11 is 0. The van der Waals surface area contributed by atoms with Crippen molar-refractivity contribution in [2.24, 2.45) is 5.92 Å². The number of nitrogens with zero attached hydrogens (tertiary/aromatic N) is 1. The van der Waals surface area contributed by atoms with Crippen LogP contribution in [-0.4, -0.2) is 53.0 Å². The summed E-state index contributed by atoms with van der Waals surface area (Å²) in [6.45, 7) is 2.43. The molecule has 2 N–H and O–H groups in total. The van der Waals surface area contributed by atoms with Crippen LogP contribution in [0, 0.1) is 5.92 Å². The maximum atomic E-state index is 12.3. The van der Waals surface area contributed by atoms with E-state index in [9.17, 15) is 14.3 Å². The molecular formula is C11H20FNO3. The van der Waals surface area contributed by atoms with Gasteiger partial charge >= 0.3 is 5.97 Å². The van der Waals surface area contributed by atoms with Gasteiger partial charge < -0.3 is 10.2 Å². The fraction of sp³-hybridized carbons (Fsp3) is 0.909. The molecule has 1 aliphatic heterocycles. The molecule has 0 aliphatic carbocycles. The Hall–Kier alpha value is -0.680. The van der Waals surface area contributed by atoms with Gasteiger partial charge in [0.25, 0.3) is 0 Å². The van der Waals surface area contributed by atoms with E-state index in [1.165, 1.54) is 0 Å². The molecule has 1 heterocycles. The lowest BCUT2D eigenvalue weighted by molar-refractivity contribution is -0.145. The molecule has 0 radical (unpaired) electrons. The van der Waals surface area contributed by atoms with Gasteiger partial charge in [0, 0.05) is 19.0 Å². The molecule has 1 saturated heterocycles. The summed E-state index contributed by atoms with van der Waals surface area (Å²) in [7, 11) is 0. The van der Waals surface area contributed by atoms with Crippen molar-refractivity contribution in [3.63, 3.8) is 0 Å². The molecule has 0 bridgehead atoms. The Labute approximate surface area is 95.1 Å². The monoisotopic (exact) mass is 233 g/mol. The molecule has 5 heteroatoms. The van der Waals surface area contributed by atoms with Crippen LogP contribution in [0.5, 0.6) is 0 Å². The minimum absolute atomic E-state index is 0.132. The second kappa shape index (κ2) is 6.15. The van der Waals surface area contributed by atoms with Crippen molar-refractivity contribution in [3.05, 3.63) is 0 Å². The van der Waals surface area contributed by atoms with Crippen molar-refractivity contribution in [3.8, 4) is 0 Å². The molecule has 0 saturated carbocycles. The number of aliphatic hydroxyl groups excluding tert-OH is 1. The van der Waals surface area contributed by atoms with Gasteiger partial charge in [-0.2, -0.15) is 0 Å². The van der Waals surface area contributed by atoms with Crippen molar-refractivity contribution in [1.29, 1.82) is 0 Å². The summed E-state index contributed by atoms with van der Waals surface area (Å²) in [6, 6.07) is -0.505. The highest BCUT2D eigenvalue weighted by Crippen LogP contribution is 2.23. The van der Waals surface area contributed by atoms with Crippen LogP contribution in [0.15, 0.2) is 0 Å². The molecular weight excluding hydrogens is 213 g/mol. The third-order valence-electron chi connectivity index (χ3n) is 3.32. The Morgan fingerprint density at radius 2 is 2.31 bits per heavy atom. The first-order chi connectivity index (χ1) is 7.60. The highest BCUT2D eigenvalue weighted by molar-refractivity contribution is 5.73. The molecule has 0 unspecified atom stereocenters. The van der Waals surface area contributed by atoms with Gasteiger partial charge in [-0.05, 0) is 19.3 Å². The van der Waals surface area contributed by atoms with Crippen molar-refractivity contribution in [1.82, 2.24) is 4.90 Å². The van der Waals surface area contributed by atoms with Gasteiger partial charge in [0.1, 0.15) is 6.04 Å². The zero-order valence-corrected chi connectivity index (χ0v) is 9.60. The summed E-state index contributed by atoms with van der Waals surface area (Å²) in [6.07, 6.45) is 0.897. The lowest BCUT2D eigenvalue weighted by Gasteiger charge is -2.38. The van der Waals surface area contributed by atoms with E-state index in [1.807, 2.05) is 11.8 Å². The standard InChI is InChI=1S/C11H20FNO3/c1-2-9(11(15)16)13-6-4-10(14)8(7-13)3-5-12/h8-10,14H,2-7H2,1H3,(H,15,16)/t8-,9-,10-/m1/s1. The zero-order chi connectivity index (χ0) is 12.1. The van der Waals surface area contributed by atoms with E-state index in [2.05, 4.69) is 0 Å². The molecule has 0 spiro atoms. The largest absolute Gasteiger partial charge is 0.480 e. The Morgan fingerprint density at radius 1 is 1.62 bits per heavy atom. The second-order valence-corrected chi connectivity index (χ2v) is 4.35. The number of aliphatic carboxylic acids is 1. The minimum atomic E-state index is -0.835. The fourth-order valence-electron chi connectivity index (χ4n) is 2.34. The normalized spacial score (nSPS) is 28.9. The molecule has 3 atom stereocenters. The number of rotatable bonds is 5. The highest BCUT2D eigenvalue weighted by atomic mass is 19.1. The predicted octanol–water partition coefficient (Wildman–Crippen LogP) is 0.892. The quantitative estimate of drug-likeness (QED) is 0.740. The number of alkyl halides is 1. The lowest BCUT2D eigenvalue weighted by atomic mass is 9.91. The van der Waals surface area contributed by atoms with Crippen molar-refractivity contribution in [2.45, 2.75) is 38.3 Å². The molecule has 94 valence electrons. The number of carbonyl (C=O) groups is 1. The van der Waals surface area contributed by atoms with Crippen LogP contribution in [-0.2, 0) is 4.79 Å². The molecule has 1 fully saturated rings. The topological polar surface area (TPSA) is 60.8 Å². The Balaban J connectivity index is 2.59. The summed E-state index contributed by atoms with van der Waals surface area (Å²) in [4.78, 5) is 12.8. The number of halogens is 1. The molecule has 0 amide bonds.